The summed E-state index contributed by atoms with van der Waals surface area (Å²) in [4.78, 5) is 11.1. The van der Waals surface area contributed by atoms with Gasteiger partial charge in [0, 0.05) is 11.1 Å². The van der Waals surface area contributed by atoms with E-state index in [4.69, 9.17) is 11.1 Å². The first-order chi connectivity index (χ1) is 10.2. The number of aromatic nitrogens is 3. The SMILES string of the molecule is N=C(c1cc(-c2cnc[nH]2)ncc1N)c1ccccc1F. The summed E-state index contributed by atoms with van der Waals surface area (Å²) in [6, 6.07) is 7.78. The fourth-order valence-corrected chi connectivity index (χ4v) is 2.03. The van der Waals surface area contributed by atoms with Crippen molar-refractivity contribution >= 4 is 11.4 Å². The molecule has 2 heterocycles. The third-order valence-electron chi connectivity index (χ3n) is 3.12. The molecule has 3 aromatic rings. The van der Waals surface area contributed by atoms with Gasteiger partial charge in [-0.3, -0.25) is 10.4 Å². The van der Waals surface area contributed by atoms with E-state index in [0.29, 0.717) is 22.6 Å². The second kappa shape index (κ2) is 5.16. The van der Waals surface area contributed by atoms with Gasteiger partial charge in [0.25, 0.3) is 0 Å². The van der Waals surface area contributed by atoms with Gasteiger partial charge in [0.15, 0.2) is 0 Å². The molecule has 0 aliphatic carbocycles. The Morgan fingerprint density at radius 1 is 1.19 bits per heavy atom. The summed E-state index contributed by atoms with van der Waals surface area (Å²) >= 11 is 0. The minimum atomic E-state index is -0.457. The number of aromatic amines is 1. The maximum Gasteiger partial charge on any atom is 0.132 e. The van der Waals surface area contributed by atoms with Crippen molar-refractivity contribution in [3.63, 3.8) is 0 Å². The number of halogens is 1. The summed E-state index contributed by atoms with van der Waals surface area (Å²) in [5.41, 5.74) is 8.16. The molecule has 0 bridgehead atoms. The maximum atomic E-state index is 13.8. The van der Waals surface area contributed by atoms with Crippen LogP contribution in [0.25, 0.3) is 11.4 Å². The van der Waals surface area contributed by atoms with E-state index in [9.17, 15) is 4.39 Å². The van der Waals surface area contributed by atoms with Crippen LogP contribution in [0.4, 0.5) is 10.1 Å². The second-order valence-corrected chi connectivity index (χ2v) is 4.48. The molecular formula is C15H12FN5. The molecule has 4 N–H and O–H groups in total. The smallest absolute Gasteiger partial charge is 0.132 e. The third-order valence-corrected chi connectivity index (χ3v) is 3.12. The zero-order chi connectivity index (χ0) is 14.8. The molecule has 2 aromatic heterocycles. The predicted octanol–water partition coefficient (Wildman–Crippen LogP) is 2.61. The number of pyridine rings is 1. The Hall–Kier alpha value is -3.02. The van der Waals surface area contributed by atoms with Crippen molar-refractivity contribution in [2.45, 2.75) is 0 Å². The average Bonchev–Trinajstić information content (AvgIpc) is 3.02. The van der Waals surface area contributed by atoms with Gasteiger partial charge in [-0.15, -0.1) is 0 Å². The highest BCUT2D eigenvalue weighted by Gasteiger charge is 2.14. The van der Waals surface area contributed by atoms with Crippen molar-refractivity contribution in [1.29, 1.82) is 5.41 Å². The first-order valence-electron chi connectivity index (χ1n) is 6.25. The lowest BCUT2D eigenvalue weighted by molar-refractivity contribution is 0.625. The number of rotatable bonds is 3. The Labute approximate surface area is 120 Å². The van der Waals surface area contributed by atoms with E-state index in [1.165, 1.54) is 18.6 Å². The third kappa shape index (κ3) is 2.38. The summed E-state index contributed by atoms with van der Waals surface area (Å²) < 4.78 is 13.8. The van der Waals surface area contributed by atoms with Gasteiger partial charge in [0.2, 0.25) is 0 Å². The van der Waals surface area contributed by atoms with Crippen LogP contribution in [0.1, 0.15) is 11.1 Å². The highest BCUT2D eigenvalue weighted by atomic mass is 19.1. The van der Waals surface area contributed by atoms with E-state index < -0.39 is 5.82 Å². The number of nitrogen functional groups attached to an aromatic ring is 1. The topological polar surface area (TPSA) is 91.4 Å². The van der Waals surface area contributed by atoms with Gasteiger partial charge in [-0.25, -0.2) is 9.37 Å². The number of H-pyrrole nitrogens is 1. The Morgan fingerprint density at radius 3 is 2.71 bits per heavy atom. The number of imidazole rings is 1. The molecule has 0 aliphatic rings. The van der Waals surface area contributed by atoms with Crippen LogP contribution in [0, 0.1) is 11.2 Å². The van der Waals surface area contributed by atoms with E-state index in [-0.39, 0.29) is 11.3 Å². The number of benzene rings is 1. The zero-order valence-electron chi connectivity index (χ0n) is 11.0. The van der Waals surface area contributed by atoms with E-state index >= 15 is 0 Å². The Morgan fingerprint density at radius 2 is 2.00 bits per heavy atom. The first-order valence-corrected chi connectivity index (χ1v) is 6.25. The number of anilines is 1. The van der Waals surface area contributed by atoms with Gasteiger partial charge in [0.05, 0.1) is 41.5 Å². The maximum absolute atomic E-state index is 13.8. The van der Waals surface area contributed by atoms with Crippen LogP contribution in [-0.2, 0) is 0 Å². The molecule has 21 heavy (non-hydrogen) atoms. The van der Waals surface area contributed by atoms with Gasteiger partial charge >= 0.3 is 0 Å². The number of nitrogens with zero attached hydrogens (tertiary/aromatic N) is 2. The average molecular weight is 281 g/mol. The van der Waals surface area contributed by atoms with Gasteiger partial charge < -0.3 is 10.7 Å². The summed E-state index contributed by atoms with van der Waals surface area (Å²) in [6.45, 7) is 0. The number of hydrogen-bond acceptors (Lipinski definition) is 4. The number of hydrogen-bond donors (Lipinski definition) is 3. The number of nitrogens with two attached hydrogens (primary N) is 1. The van der Waals surface area contributed by atoms with Crippen LogP contribution >= 0.6 is 0 Å². The molecule has 0 spiro atoms. The number of nitrogens with one attached hydrogen (secondary N) is 2. The molecule has 6 heteroatoms. The van der Waals surface area contributed by atoms with Crippen molar-refractivity contribution in [2.75, 3.05) is 5.73 Å². The van der Waals surface area contributed by atoms with Crippen molar-refractivity contribution in [2.24, 2.45) is 0 Å². The fourth-order valence-electron chi connectivity index (χ4n) is 2.03. The summed E-state index contributed by atoms with van der Waals surface area (Å²) in [6.07, 6.45) is 4.62. The lowest BCUT2D eigenvalue weighted by Gasteiger charge is -2.09. The Bertz CT molecular complexity index is 796. The molecule has 0 radical (unpaired) electrons. The normalized spacial score (nSPS) is 10.5. The van der Waals surface area contributed by atoms with E-state index in [0.717, 1.165) is 0 Å². The summed E-state index contributed by atoms with van der Waals surface area (Å²) in [7, 11) is 0. The van der Waals surface area contributed by atoms with Crippen LogP contribution in [-0.4, -0.2) is 20.7 Å². The molecule has 5 nitrogen and oxygen atoms in total. The summed E-state index contributed by atoms with van der Waals surface area (Å²) in [5, 5.41) is 8.20. The quantitative estimate of drug-likeness (QED) is 0.644. The van der Waals surface area contributed by atoms with Gasteiger partial charge in [0.1, 0.15) is 5.82 Å². The molecule has 0 atom stereocenters. The van der Waals surface area contributed by atoms with Gasteiger partial charge in [-0.05, 0) is 18.2 Å². The highest BCUT2D eigenvalue weighted by molar-refractivity contribution is 6.14. The van der Waals surface area contributed by atoms with Crippen molar-refractivity contribution in [3.05, 3.63) is 66.0 Å². The first kappa shape index (κ1) is 13.0. The van der Waals surface area contributed by atoms with Gasteiger partial charge in [-0.2, -0.15) is 0 Å². The summed E-state index contributed by atoms with van der Waals surface area (Å²) in [5.74, 6) is -0.457. The molecule has 0 fully saturated rings. The largest absolute Gasteiger partial charge is 0.397 e. The molecule has 3 rings (SSSR count). The fraction of sp³-hybridized carbons (Fsp3) is 0. The van der Waals surface area contributed by atoms with Crippen LogP contribution < -0.4 is 5.73 Å². The predicted molar refractivity (Wildman–Crippen MR) is 78.6 cm³/mol. The van der Waals surface area contributed by atoms with E-state index in [1.54, 1.807) is 30.5 Å². The van der Waals surface area contributed by atoms with E-state index in [1.807, 2.05) is 0 Å². The molecule has 0 saturated heterocycles. The monoisotopic (exact) mass is 281 g/mol. The zero-order valence-corrected chi connectivity index (χ0v) is 11.0. The lowest BCUT2D eigenvalue weighted by atomic mass is 10.0. The van der Waals surface area contributed by atoms with E-state index in [2.05, 4.69) is 15.0 Å². The standard InChI is InChI=1S/C15H12FN5/c16-11-4-2-1-3-9(11)15(18)10-5-13(20-6-12(10)17)14-7-19-8-21-14/h1-8,18H,17H2,(H,19,21). The van der Waals surface area contributed by atoms with Crippen LogP contribution in [0.3, 0.4) is 0 Å². The highest BCUT2D eigenvalue weighted by Crippen LogP contribution is 2.22. The molecule has 0 saturated carbocycles. The van der Waals surface area contributed by atoms with Crippen molar-refractivity contribution in [3.8, 4) is 11.4 Å². The molecule has 0 aliphatic heterocycles. The van der Waals surface area contributed by atoms with Crippen LogP contribution in [0.15, 0.2) is 49.1 Å². The molecule has 1 aromatic carbocycles. The Balaban J connectivity index is 2.08. The minimum Gasteiger partial charge on any atom is -0.397 e. The van der Waals surface area contributed by atoms with Crippen LogP contribution in [0.2, 0.25) is 0 Å². The molecule has 0 amide bonds. The molecule has 0 unspecified atom stereocenters. The second-order valence-electron chi connectivity index (χ2n) is 4.48. The Kier molecular flexibility index (Phi) is 3.19. The molecule has 104 valence electrons. The minimum absolute atomic E-state index is 0.0220. The van der Waals surface area contributed by atoms with Crippen LogP contribution in [0.5, 0.6) is 0 Å². The van der Waals surface area contributed by atoms with Gasteiger partial charge in [-0.1, -0.05) is 12.1 Å². The lowest BCUT2D eigenvalue weighted by Crippen LogP contribution is -2.08. The van der Waals surface area contributed by atoms with Crippen molar-refractivity contribution < 1.29 is 4.39 Å². The molecular weight excluding hydrogens is 269 g/mol. The van der Waals surface area contributed by atoms with Crippen molar-refractivity contribution in [1.82, 2.24) is 15.0 Å².